The van der Waals surface area contributed by atoms with Gasteiger partial charge < -0.3 is 14.8 Å². The van der Waals surface area contributed by atoms with E-state index in [4.69, 9.17) is 5.11 Å². The maximum Gasteiger partial charge on any atom is 0.317 e. The molecule has 1 amide bonds. The number of carbonyl (C=O) groups excluding carboxylic acids is 1. The molecular weight excluding hydrogens is 296 g/mol. The number of aliphatic carboxylic acids is 1. The fourth-order valence-corrected chi connectivity index (χ4v) is 3.00. The standard InChI is InChI=1S/C16H20N4O3/c1-2-19(9-15(21)22)14-5-12(6-14)18-16(23)11-3-4-13-7-17-10-20(13)8-11/h3-4,7-8,10,12,14H,2,5-6,9H2,1H3,(H,18,23)(H,21,22). The Hall–Kier alpha value is -2.41. The van der Waals surface area contributed by atoms with Gasteiger partial charge in [0.05, 0.1) is 30.1 Å². The summed E-state index contributed by atoms with van der Waals surface area (Å²) in [5, 5.41) is 11.9. The van der Waals surface area contributed by atoms with Crippen molar-refractivity contribution in [2.24, 2.45) is 0 Å². The van der Waals surface area contributed by atoms with Crippen LogP contribution in [0.5, 0.6) is 0 Å². The van der Waals surface area contributed by atoms with Crippen LogP contribution in [0.3, 0.4) is 0 Å². The molecule has 1 fully saturated rings. The second-order valence-corrected chi connectivity index (χ2v) is 5.90. The molecule has 0 aromatic carbocycles. The van der Waals surface area contributed by atoms with Crippen LogP contribution in [0.4, 0.5) is 0 Å². The van der Waals surface area contributed by atoms with Crippen LogP contribution in [0, 0.1) is 0 Å². The Labute approximate surface area is 133 Å². The first-order chi connectivity index (χ1) is 11.1. The highest BCUT2D eigenvalue weighted by atomic mass is 16.4. The number of likely N-dealkylation sites (N-methyl/N-ethyl adjacent to an activating group) is 1. The van der Waals surface area contributed by atoms with E-state index in [1.54, 1.807) is 24.8 Å². The number of amides is 1. The molecule has 1 aliphatic rings. The van der Waals surface area contributed by atoms with Crippen molar-refractivity contribution in [3.63, 3.8) is 0 Å². The number of rotatable bonds is 6. The molecule has 1 saturated carbocycles. The van der Waals surface area contributed by atoms with Gasteiger partial charge in [0.25, 0.3) is 5.91 Å². The average molecular weight is 316 g/mol. The Balaban J connectivity index is 1.54. The molecule has 2 aromatic heterocycles. The first-order valence-electron chi connectivity index (χ1n) is 7.75. The maximum absolute atomic E-state index is 12.3. The van der Waals surface area contributed by atoms with Crippen LogP contribution in [0.2, 0.25) is 0 Å². The van der Waals surface area contributed by atoms with Crippen LogP contribution in [-0.4, -0.2) is 56.4 Å². The molecule has 7 heteroatoms. The molecule has 0 saturated heterocycles. The van der Waals surface area contributed by atoms with Gasteiger partial charge in [-0.05, 0) is 31.5 Å². The number of imidazole rings is 1. The summed E-state index contributed by atoms with van der Waals surface area (Å²) < 4.78 is 1.81. The lowest BCUT2D eigenvalue weighted by Gasteiger charge is -2.42. The van der Waals surface area contributed by atoms with Crippen molar-refractivity contribution < 1.29 is 14.7 Å². The monoisotopic (exact) mass is 316 g/mol. The van der Waals surface area contributed by atoms with Crippen molar-refractivity contribution in [2.45, 2.75) is 31.8 Å². The molecule has 3 rings (SSSR count). The van der Waals surface area contributed by atoms with Gasteiger partial charge >= 0.3 is 5.97 Å². The summed E-state index contributed by atoms with van der Waals surface area (Å²) in [6, 6.07) is 3.98. The summed E-state index contributed by atoms with van der Waals surface area (Å²) >= 11 is 0. The summed E-state index contributed by atoms with van der Waals surface area (Å²) in [5.41, 5.74) is 1.54. The van der Waals surface area contributed by atoms with Gasteiger partial charge in [-0.25, -0.2) is 4.98 Å². The van der Waals surface area contributed by atoms with Gasteiger partial charge in [-0.15, -0.1) is 0 Å². The summed E-state index contributed by atoms with van der Waals surface area (Å²) in [4.78, 5) is 29.1. The number of hydrogen-bond acceptors (Lipinski definition) is 4. The molecule has 2 heterocycles. The molecule has 7 nitrogen and oxygen atoms in total. The third-order valence-corrected chi connectivity index (χ3v) is 4.38. The predicted molar refractivity (Wildman–Crippen MR) is 84.4 cm³/mol. The molecule has 0 aliphatic heterocycles. The molecule has 23 heavy (non-hydrogen) atoms. The number of carboxylic acid groups (broad SMARTS) is 1. The smallest absolute Gasteiger partial charge is 0.317 e. The lowest BCUT2D eigenvalue weighted by atomic mass is 9.85. The quantitative estimate of drug-likeness (QED) is 0.830. The number of nitrogens with zero attached hydrogens (tertiary/aromatic N) is 3. The van der Waals surface area contributed by atoms with Crippen molar-refractivity contribution in [3.05, 3.63) is 36.4 Å². The molecule has 0 atom stereocenters. The molecule has 0 unspecified atom stereocenters. The number of aromatic nitrogens is 2. The number of nitrogens with one attached hydrogen (secondary N) is 1. The maximum atomic E-state index is 12.3. The number of fused-ring (bicyclic) bond motifs is 1. The van der Waals surface area contributed by atoms with Crippen LogP contribution >= 0.6 is 0 Å². The van der Waals surface area contributed by atoms with Crippen molar-refractivity contribution >= 4 is 17.4 Å². The Morgan fingerprint density at radius 1 is 1.43 bits per heavy atom. The molecular formula is C16H20N4O3. The molecule has 0 radical (unpaired) electrons. The summed E-state index contributed by atoms with van der Waals surface area (Å²) in [6.07, 6.45) is 6.74. The van der Waals surface area contributed by atoms with Crippen molar-refractivity contribution in [2.75, 3.05) is 13.1 Å². The number of carbonyl (C=O) groups is 2. The van der Waals surface area contributed by atoms with Gasteiger partial charge in [-0.3, -0.25) is 14.5 Å². The largest absolute Gasteiger partial charge is 0.480 e. The van der Waals surface area contributed by atoms with Gasteiger partial charge in [0, 0.05) is 18.3 Å². The minimum Gasteiger partial charge on any atom is -0.480 e. The van der Waals surface area contributed by atoms with E-state index in [0.717, 1.165) is 18.4 Å². The fraction of sp³-hybridized carbons (Fsp3) is 0.438. The molecule has 0 bridgehead atoms. The minimum atomic E-state index is -0.812. The molecule has 2 N–H and O–H groups in total. The third-order valence-electron chi connectivity index (χ3n) is 4.38. The van der Waals surface area contributed by atoms with Crippen LogP contribution in [-0.2, 0) is 4.79 Å². The van der Waals surface area contributed by atoms with E-state index in [9.17, 15) is 9.59 Å². The van der Waals surface area contributed by atoms with Crippen molar-refractivity contribution in [3.8, 4) is 0 Å². The SMILES string of the molecule is CCN(CC(=O)O)C1CC(NC(=O)c2ccc3cncn3c2)C1. The Bertz CT molecular complexity index is 721. The van der Waals surface area contributed by atoms with Gasteiger partial charge in [0.1, 0.15) is 0 Å². The highest BCUT2D eigenvalue weighted by molar-refractivity contribution is 5.94. The Morgan fingerprint density at radius 2 is 2.22 bits per heavy atom. The second kappa shape index (κ2) is 6.37. The number of carboxylic acids is 1. The van der Waals surface area contributed by atoms with Crippen molar-refractivity contribution in [1.82, 2.24) is 19.6 Å². The van der Waals surface area contributed by atoms with E-state index in [2.05, 4.69) is 10.3 Å². The van der Waals surface area contributed by atoms with Crippen LogP contribution in [0.25, 0.3) is 5.52 Å². The average Bonchev–Trinajstić information content (AvgIpc) is 2.95. The van der Waals surface area contributed by atoms with Crippen LogP contribution in [0.15, 0.2) is 30.9 Å². The zero-order chi connectivity index (χ0) is 16.4. The highest BCUT2D eigenvalue weighted by Gasteiger charge is 2.34. The topological polar surface area (TPSA) is 86.9 Å². The minimum absolute atomic E-state index is 0.0547. The highest BCUT2D eigenvalue weighted by Crippen LogP contribution is 2.25. The fourth-order valence-electron chi connectivity index (χ4n) is 3.00. The van der Waals surface area contributed by atoms with Crippen LogP contribution < -0.4 is 5.32 Å². The summed E-state index contributed by atoms with van der Waals surface area (Å²) in [7, 11) is 0. The van der Waals surface area contributed by atoms with Gasteiger partial charge in [0.2, 0.25) is 0 Å². The van der Waals surface area contributed by atoms with E-state index in [1.165, 1.54) is 0 Å². The Kier molecular flexibility index (Phi) is 4.29. The van der Waals surface area contributed by atoms with Crippen molar-refractivity contribution in [1.29, 1.82) is 0 Å². The summed E-state index contributed by atoms with van der Waals surface area (Å²) in [5.74, 6) is -0.918. The number of pyridine rings is 1. The zero-order valence-electron chi connectivity index (χ0n) is 13.0. The van der Waals surface area contributed by atoms with Crippen LogP contribution in [0.1, 0.15) is 30.1 Å². The van der Waals surface area contributed by atoms with E-state index < -0.39 is 5.97 Å². The molecule has 1 aliphatic carbocycles. The lowest BCUT2D eigenvalue weighted by Crippen LogP contribution is -2.54. The van der Waals surface area contributed by atoms with E-state index in [0.29, 0.717) is 12.1 Å². The van der Waals surface area contributed by atoms with Gasteiger partial charge in [-0.1, -0.05) is 6.92 Å². The van der Waals surface area contributed by atoms with Gasteiger partial charge in [0.15, 0.2) is 0 Å². The second-order valence-electron chi connectivity index (χ2n) is 5.90. The van der Waals surface area contributed by atoms with Gasteiger partial charge in [-0.2, -0.15) is 0 Å². The van der Waals surface area contributed by atoms with E-state index in [-0.39, 0.29) is 24.5 Å². The van der Waals surface area contributed by atoms with E-state index in [1.807, 2.05) is 22.3 Å². The predicted octanol–water partition coefficient (Wildman–Crippen LogP) is 1.00. The normalized spacial score (nSPS) is 20.4. The Morgan fingerprint density at radius 3 is 2.91 bits per heavy atom. The molecule has 2 aromatic rings. The first-order valence-corrected chi connectivity index (χ1v) is 7.75. The zero-order valence-corrected chi connectivity index (χ0v) is 13.0. The first kappa shape index (κ1) is 15.5. The lowest BCUT2D eigenvalue weighted by molar-refractivity contribution is -0.139. The van der Waals surface area contributed by atoms with E-state index >= 15 is 0 Å². The number of hydrogen-bond donors (Lipinski definition) is 2. The molecule has 0 spiro atoms. The molecule has 122 valence electrons. The summed E-state index contributed by atoms with van der Waals surface area (Å²) in [6.45, 7) is 2.71. The third kappa shape index (κ3) is 3.34.